The third-order valence-corrected chi connectivity index (χ3v) is 4.26. The molecule has 1 N–H and O–H groups in total. The molecule has 84 valence electrons. The summed E-state index contributed by atoms with van der Waals surface area (Å²) >= 11 is 1.78. The number of aromatic nitrogens is 1. The highest BCUT2D eigenvalue weighted by atomic mass is 32.1. The molecular formula is C13H16N2S. The molecule has 1 fully saturated rings. The normalized spacial score (nSPS) is 17.1. The number of nitrogens with one attached hydrogen (secondary N) is 1. The number of rotatable bonds is 2. The second-order valence-corrected chi connectivity index (χ2v) is 5.60. The van der Waals surface area contributed by atoms with Crippen LogP contribution in [0.1, 0.15) is 31.2 Å². The van der Waals surface area contributed by atoms with Crippen LogP contribution in [-0.4, -0.2) is 11.0 Å². The van der Waals surface area contributed by atoms with Crippen molar-refractivity contribution >= 4 is 26.7 Å². The minimum Gasteiger partial charge on any atom is -0.359 e. The smallest absolute Gasteiger partial charge is 0.184 e. The maximum atomic E-state index is 4.68. The average Bonchev–Trinajstić information content (AvgIpc) is 2.88. The van der Waals surface area contributed by atoms with Crippen LogP contribution in [0.25, 0.3) is 10.2 Å². The van der Waals surface area contributed by atoms with Crippen molar-refractivity contribution < 1.29 is 0 Å². The SMILES string of the molecule is Cc1cccc2sc(NC3CCCC3)nc12. The number of hydrogen-bond acceptors (Lipinski definition) is 3. The zero-order chi connectivity index (χ0) is 11.0. The van der Waals surface area contributed by atoms with Crippen molar-refractivity contribution in [3.8, 4) is 0 Å². The van der Waals surface area contributed by atoms with Crippen LogP contribution in [0.5, 0.6) is 0 Å². The van der Waals surface area contributed by atoms with Crippen molar-refractivity contribution in [2.45, 2.75) is 38.6 Å². The molecule has 1 aliphatic rings. The third-order valence-electron chi connectivity index (χ3n) is 3.30. The van der Waals surface area contributed by atoms with Crippen molar-refractivity contribution in [2.24, 2.45) is 0 Å². The van der Waals surface area contributed by atoms with Crippen LogP contribution in [0.4, 0.5) is 5.13 Å². The van der Waals surface area contributed by atoms with Gasteiger partial charge in [0.2, 0.25) is 0 Å². The number of aryl methyl sites for hydroxylation is 1. The molecule has 0 aliphatic heterocycles. The number of hydrogen-bond donors (Lipinski definition) is 1. The molecule has 2 nitrogen and oxygen atoms in total. The Morgan fingerprint density at radius 2 is 2.12 bits per heavy atom. The molecular weight excluding hydrogens is 216 g/mol. The molecule has 0 spiro atoms. The van der Waals surface area contributed by atoms with Gasteiger partial charge >= 0.3 is 0 Å². The molecule has 1 heterocycles. The summed E-state index contributed by atoms with van der Waals surface area (Å²) in [5.41, 5.74) is 2.43. The van der Waals surface area contributed by atoms with Crippen LogP contribution in [-0.2, 0) is 0 Å². The molecule has 0 atom stereocenters. The van der Waals surface area contributed by atoms with Gasteiger partial charge in [0.1, 0.15) is 0 Å². The van der Waals surface area contributed by atoms with E-state index in [0.717, 1.165) is 10.6 Å². The summed E-state index contributed by atoms with van der Waals surface area (Å²) in [5, 5.41) is 4.66. The third kappa shape index (κ3) is 1.80. The van der Waals surface area contributed by atoms with Gasteiger partial charge in [-0.15, -0.1) is 0 Å². The Labute approximate surface area is 99.7 Å². The Morgan fingerprint density at radius 1 is 1.31 bits per heavy atom. The van der Waals surface area contributed by atoms with Crippen LogP contribution in [0.2, 0.25) is 0 Å². The largest absolute Gasteiger partial charge is 0.359 e. The fourth-order valence-corrected chi connectivity index (χ4v) is 3.41. The first kappa shape index (κ1) is 10.1. The highest BCUT2D eigenvalue weighted by Gasteiger charge is 2.16. The molecule has 2 aromatic rings. The lowest BCUT2D eigenvalue weighted by molar-refractivity contribution is 0.754. The Kier molecular flexibility index (Phi) is 2.56. The van der Waals surface area contributed by atoms with E-state index in [4.69, 9.17) is 0 Å². The first-order valence-electron chi connectivity index (χ1n) is 5.95. The summed E-state index contributed by atoms with van der Waals surface area (Å²) in [7, 11) is 0. The predicted molar refractivity (Wildman–Crippen MR) is 70.2 cm³/mol. The first-order chi connectivity index (χ1) is 7.83. The minimum atomic E-state index is 0.654. The Balaban J connectivity index is 1.90. The van der Waals surface area contributed by atoms with Gasteiger partial charge in [-0.1, -0.05) is 36.3 Å². The molecule has 0 amide bonds. The summed E-state index contributed by atoms with van der Waals surface area (Å²) in [6.45, 7) is 2.13. The lowest BCUT2D eigenvalue weighted by atomic mass is 10.2. The van der Waals surface area contributed by atoms with Gasteiger partial charge in [-0.05, 0) is 31.4 Å². The maximum absolute atomic E-state index is 4.68. The Hall–Kier alpha value is -1.09. The number of anilines is 1. The van der Waals surface area contributed by atoms with Crippen molar-refractivity contribution in [2.75, 3.05) is 5.32 Å². The molecule has 1 aromatic heterocycles. The quantitative estimate of drug-likeness (QED) is 0.847. The average molecular weight is 232 g/mol. The number of benzene rings is 1. The number of nitrogens with zero attached hydrogens (tertiary/aromatic N) is 1. The van der Waals surface area contributed by atoms with E-state index in [1.165, 1.54) is 35.9 Å². The highest BCUT2D eigenvalue weighted by Crippen LogP contribution is 2.30. The molecule has 0 saturated heterocycles. The van der Waals surface area contributed by atoms with Crippen LogP contribution in [0, 0.1) is 6.92 Å². The van der Waals surface area contributed by atoms with Crippen molar-refractivity contribution in [1.82, 2.24) is 4.98 Å². The maximum Gasteiger partial charge on any atom is 0.184 e. The molecule has 0 radical (unpaired) electrons. The summed E-state index contributed by atoms with van der Waals surface area (Å²) < 4.78 is 1.29. The molecule has 0 bridgehead atoms. The van der Waals surface area contributed by atoms with Crippen molar-refractivity contribution in [3.05, 3.63) is 23.8 Å². The molecule has 1 aliphatic carbocycles. The van der Waals surface area contributed by atoms with Gasteiger partial charge in [0.15, 0.2) is 5.13 Å². The van der Waals surface area contributed by atoms with E-state index in [1.807, 2.05) is 0 Å². The van der Waals surface area contributed by atoms with Crippen LogP contribution in [0.3, 0.4) is 0 Å². The van der Waals surface area contributed by atoms with Gasteiger partial charge in [0.05, 0.1) is 10.2 Å². The van der Waals surface area contributed by atoms with Crippen molar-refractivity contribution in [3.63, 3.8) is 0 Å². The number of thiazole rings is 1. The molecule has 3 heteroatoms. The van der Waals surface area contributed by atoms with Crippen molar-refractivity contribution in [1.29, 1.82) is 0 Å². The van der Waals surface area contributed by atoms with Crippen LogP contribution >= 0.6 is 11.3 Å². The van der Waals surface area contributed by atoms with Gasteiger partial charge in [-0.2, -0.15) is 0 Å². The van der Waals surface area contributed by atoms with E-state index in [1.54, 1.807) is 11.3 Å². The van der Waals surface area contributed by atoms with Crippen LogP contribution in [0.15, 0.2) is 18.2 Å². The van der Waals surface area contributed by atoms with Crippen LogP contribution < -0.4 is 5.32 Å². The molecule has 16 heavy (non-hydrogen) atoms. The van der Waals surface area contributed by atoms with Gasteiger partial charge in [-0.25, -0.2) is 4.98 Å². The number of para-hydroxylation sites is 1. The van der Waals surface area contributed by atoms with Gasteiger partial charge in [0, 0.05) is 6.04 Å². The summed E-state index contributed by atoms with van der Waals surface area (Å²) in [5.74, 6) is 0. The van der Waals surface area contributed by atoms with Gasteiger partial charge in [-0.3, -0.25) is 0 Å². The predicted octanol–water partition coefficient (Wildman–Crippen LogP) is 3.96. The highest BCUT2D eigenvalue weighted by molar-refractivity contribution is 7.22. The van der Waals surface area contributed by atoms with E-state index < -0.39 is 0 Å². The van der Waals surface area contributed by atoms with E-state index >= 15 is 0 Å². The standard InChI is InChI=1S/C13H16N2S/c1-9-5-4-8-11-12(9)15-13(16-11)14-10-6-2-3-7-10/h4-5,8,10H,2-3,6-7H2,1H3,(H,14,15). The van der Waals surface area contributed by atoms with E-state index in [9.17, 15) is 0 Å². The first-order valence-corrected chi connectivity index (χ1v) is 6.77. The zero-order valence-electron chi connectivity index (χ0n) is 9.49. The summed E-state index contributed by atoms with van der Waals surface area (Å²) in [6, 6.07) is 7.04. The molecule has 3 rings (SSSR count). The monoisotopic (exact) mass is 232 g/mol. The lowest BCUT2D eigenvalue weighted by Gasteiger charge is -2.09. The van der Waals surface area contributed by atoms with Gasteiger partial charge in [0.25, 0.3) is 0 Å². The van der Waals surface area contributed by atoms with E-state index in [-0.39, 0.29) is 0 Å². The fourth-order valence-electron chi connectivity index (χ4n) is 2.39. The fraction of sp³-hybridized carbons (Fsp3) is 0.462. The topological polar surface area (TPSA) is 24.9 Å². The number of fused-ring (bicyclic) bond motifs is 1. The Morgan fingerprint density at radius 3 is 2.88 bits per heavy atom. The summed E-state index contributed by atoms with van der Waals surface area (Å²) in [4.78, 5) is 4.68. The molecule has 1 saturated carbocycles. The summed E-state index contributed by atoms with van der Waals surface area (Å²) in [6.07, 6.45) is 5.33. The second kappa shape index (κ2) is 4.06. The molecule has 0 unspecified atom stereocenters. The van der Waals surface area contributed by atoms with E-state index in [0.29, 0.717) is 6.04 Å². The Bertz CT molecular complexity index is 498. The second-order valence-electron chi connectivity index (χ2n) is 4.57. The van der Waals surface area contributed by atoms with E-state index in [2.05, 4.69) is 35.4 Å². The zero-order valence-corrected chi connectivity index (χ0v) is 10.3. The van der Waals surface area contributed by atoms with Gasteiger partial charge < -0.3 is 5.32 Å². The minimum absolute atomic E-state index is 0.654. The molecule has 1 aromatic carbocycles. The lowest BCUT2D eigenvalue weighted by Crippen LogP contribution is -2.13.